The Morgan fingerprint density at radius 2 is 2.10 bits per heavy atom. The van der Waals surface area contributed by atoms with Gasteiger partial charge in [0.2, 0.25) is 0 Å². The molecule has 0 unspecified atom stereocenters. The third-order valence-corrected chi connectivity index (χ3v) is 6.37. The topological polar surface area (TPSA) is 92.1 Å². The summed E-state index contributed by atoms with van der Waals surface area (Å²) < 4.78 is 5.38. The smallest absolute Gasteiger partial charge is 0.339 e. The van der Waals surface area contributed by atoms with Crippen LogP contribution >= 0.6 is 0 Å². The molecule has 30 heavy (non-hydrogen) atoms. The second kappa shape index (κ2) is 9.25. The fraction of sp³-hybridized carbons (Fsp3) is 0.500. The van der Waals surface area contributed by atoms with Crippen molar-refractivity contribution in [3.05, 3.63) is 41.1 Å². The predicted octanol–water partition coefficient (Wildman–Crippen LogP) is 3.96. The van der Waals surface area contributed by atoms with Crippen LogP contribution in [0.2, 0.25) is 0 Å². The number of aromatic nitrogens is 1. The summed E-state index contributed by atoms with van der Waals surface area (Å²) in [6, 6.07) is 9.55. The lowest BCUT2D eigenvalue weighted by Crippen LogP contribution is -2.32. The number of nitrogens with zero attached hydrogens (tertiary/aromatic N) is 2. The Bertz CT molecular complexity index is 991. The minimum atomic E-state index is -0.491. The average molecular weight is 408 g/mol. The van der Waals surface area contributed by atoms with Crippen LogP contribution in [0.5, 0.6) is 0 Å². The molecule has 1 aromatic heterocycles. The van der Waals surface area contributed by atoms with Crippen LogP contribution in [0.15, 0.2) is 24.3 Å². The van der Waals surface area contributed by atoms with Gasteiger partial charge < -0.3 is 10.1 Å². The maximum atomic E-state index is 13.1. The lowest BCUT2D eigenvalue weighted by Gasteiger charge is -2.37. The Hall–Kier alpha value is -2.94. The molecule has 158 valence electrons. The van der Waals surface area contributed by atoms with Crippen LogP contribution < -0.4 is 5.32 Å². The number of fused-ring (bicyclic) bond motifs is 2. The molecule has 6 nitrogen and oxygen atoms in total. The van der Waals surface area contributed by atoms with Gasteiger partial charge in [0, 0.05) is 17.6 Å². The standard InChI is InChI=1S/C24H29N3O3/c1-4-24(2,3)16-10-11-20-18(14-16)22(17-8-5-6-9-19(17)27-20)23(29)30-15-21(28)26-13-7-12-25/h5-6,8-9,16H,4,7,10-11,13-15H2,1-3H3,(H,26,28)/t16-/m0/s1. The number of carbonyl (C=O) groups excluding carboxylic acids is 2. The monoisotopic (exact) mass is 407 g/mol. The van der Waals surface area contributed by atoms with E-state index in [1.807, 2.05) is 30.3 Å². The summed E-state index contributed by atoms with van der Waals surface area (Å²) in [4.78, 5) is 29.9. The highest BCUT2D eigenvalue weighted by Crippen LogP contribution is 2.41. The Kier molecular flexibility index (Phi) is 6.71. The van der Waals surface area contributed by atoms with Gasteiger partial charge in [0.05, 0.1) is 23.6 Å². The minimum Gasteiger partial charge on any atom is -0.452 e. The van der Waals surface area contributed by atoms with Crippen LogP contribution in [-0.2, 0) is 22.4 Å². The van der Waals surface area contributed by atoms with Gasteiger partial charge in [0.1, 0.15) is 0 Å². The van der Waals surface area contributed by atoms with E-state index in [1.54, 1.807) is 0 Å². The van der Waals surface area contributed by atoms with Gasteiger partial charge in [-0.15, -0.1) is 0 Å². The van der Waals surface area contributed by atoms with Gasteiger partial charge in [-0.25, -0.2) is 4.79 Å². The summed E-state index contributed by atoms with van der Waals surface area (Å²) in [6.07, 6.45) is 3.96. The molecule has 0 saturated carbocycles. The van der Waals surface area contributed by atoms with Crippen LogP contribution in [-0.4, -0.2) is 30.0 Å². The molecule has 0 aliphatic heterocycles. The molecule has 1 aromatic carbocycles. The van der Waals surface area contributed by atoms with Crippen molar-refractivity contribution in [2.75, 3.05) is 13.2 Å². The normalized spacial score (nSPS) is 15.9. The molecular weight excluding hydrogens is 378 g/mol. The highest BCUT2D eigenvalue weighted by molar-refractivity contribution is 6.05. The van der Waals surface area contributed by atoms with Gasteiger partial charge in [-0.05, 0) is 42.2 Å². The fourth-order valence-corrected chi connectivity index (χ4v) is 4.09. The number of rotatable bonds is 7. The van der Waals surface area contributed by atoms with E-state index in [2.05, 4.69) is 26.1 Å². The molecule has 6 heteroatoms. The highest BCUT2D eigenvalue weighted by atomic mass is 16.5. The number of hydrogen-bond acceptors (Lipinski definition) is 5. The molecule has 1 atom stereocenters. The first kappa shape index (κ1) is 21.8. The van der Waals surface area contributed by atoms with E-state index in [0.717, 1.165) is 47.8 Å². The molecule has 0 bridgehead atoms. The molecule has 3 rings (SSSR count). The first-order chi connectivity index (χ1) is 14.4. The maximum absolute atomic E-state index is 13.1. The molecule has 1 N–H and O–H groups in total. The Labute approximate surface area is 177 Å². The van der Waals surface area contributed by atoms with Crippen molar-refractivity contribution in [2.45, 2.75) is 52.9 Å². The van der Waals surface area contributed by atoms with Crippen LogP contribution in [0.4, 0.5) is 0 Å². The predicted molar refractivity (Wildman–Crippen MR) is 115 cm³/mol. The number of ether oxygens (including phenoxy) is 1. The van der Waals surface area contributed by atoms with Crippen LogP contribution in [0.3, 0.4) is 0 Å². The fourth-order valence-electron chi connectivity index (χ4n) is 4.09. The molecule has 2 aromatic rings. The first-order valence-electron chi connectivity index (χ1n) is 10.6. The SMILES string of the molecule is CCC(C)(C)[C@H]1CCc2nc3ccccc3c(C(=O)OCC(=O)NCCC#N)c2C1. The number of nitriles is 1. The number of esters is 1. The van der Waals surface area contributed by atoms with E-state index in [-0.39, 0.29) is 25.0 Å². The Balaban J connectivity index is 1.91. The van der Waals surface area contributed by atoms with Gasteiger partial charge in [-0.3, -0.25) is 9.78 Å². The van der Waals surface area contributed by atoms with E-state index in [0.29, 0.717) is 11.5 Å². The Morgan fingerprint density at radius 3 is 2.83 bits per heavy atom. The largest absolute Gasteiger partial charge is 0.452 e. The number of nitrogens with one attached hydrogen (secondary N) is 1. The van der Waals surface area contributed by atoms with Gasteiger partial charge >= 0.3 is 5.97 Å². The summed E-state index contributed by atoms with van der Waals surface area (Å²) in [5.41, 5.74) is 3.40. The number of aryl methyl sites for hydroxylation is 1. The first-order valence-corrected chi connectivity index (χ1v) is 10.6. The van der Waals surface area contributed by atoms with Crippen molar-refractivity contribution in [3.8, 4) is 6.07 Å². The summed E-state index contributed by atoms with van der Waals surface area (Å²) >= 11 is 0. The zero-order valence-electron chi connectivity index (χ0n) is 18.0. The zero-order chi connectivity index (χ0) is 21.7. The van der Waals surface area contributed by atoms with Crippen LogP contribution in [0.1, 0.15) is 61.6 Å². The second-order valence-corrected chi connectivity index (χ2v) is 8.55. The van der Waals surface area contributed by atoms with Crippen molar-refractivity contribution in [3.63, 3.8) is 0 Å². The lowest BCUT2D eigenvalue weighted by atomic mass is 9.68. The van der Waals surface area contributed by atoms with Crippen molar-refractivity contribution in [1.82, 2.24) is 10.3 Å². The van der Waals surface area contributed by atoms with Gasteiger partial charge in [-0.2, -0.15) is 5.26 Å². The van der Waals surface area contributed by atoms with E-state index in [9.17, 15) is 9.59 Å². The number of pyridine rings is 1. The number of para-hydroxylation sites is 1. The maximum Gasteiger partial charge on any atom is 0.339 e. The van der Waals surface area contributed by atoms with Gasteiger partial charge in [0.15, 0.2) is 6.61 Å². The van der Waals surface area contributed by atoms with E-state index >= 15 is 0 Å². The molecule has 0 saturated heterocycles. The third-order valence-electron chi connectivity index (χ3n) is 6.37. The van der Waals surface area contributed by atoms with Crippen molar-refractivity contribution < 1.29 is 14.3 Å². The summed E-state index contributed by atoms with van der Waals surface area (Å²) in [5.74, 6) is -0.440. The number of hydrogen-bond donors (Lipinski definition) is 1. The second-order valence-electron chi connectivity index (χ2n) is 8.55. The molecule has 1 aliphatic rings. The molecule has 1 heterocycles. The van der Waals surface area contributed by atoms with Gasteiger partial charge in [0.25, 0.3) is 5.91 Å². The molecule has 0 spiro atoms. The van der Waals surface area contributed by atoms with E-state index in [1.165, 1.54) is 0 Å². The summed E-state index contributed by atoms with van der Waals surface area (Å²) in [7, 11) is 0. The molecule has 1 amide bonds. The number of carbonyl (C=O) groups is 2. The van der Waals surface area contributed by atoms with Crippen LogP contribution in [0.25, 0.3) is 10.9 Å². The average Bonchev–Trinajstić information content (AvgIpc) is 2.75. The minimum absolute atomic E-state index is 0.172. The molecular formula is C24H29N3O3. The van der Waals surface area contributed by atoms with Crippen molar-refractivity contribution >= 4 is 22.8 Å². The quantitative estimate of drug-likeness (QED) is 0.554. The summed E-state index contributed by atoms with van der Waals surface area (Å²) in [5, 5.41) is 11.9. The molecule has 0 radical (unpaired) electrons. The van der Waals surface area contributed by atoms with Crippen molar-refractivity contribution in [1.29, 1.82) is 5.26 Å². The van der Waals surface area contributed by atoms with Crippen molar-refractivity contribution in [2.24, 2.45) is 11.3 Å². The van der Waals surface area contributed by atoms with E-state index < -0.39 is 11.9 Å². The number of benzene rings is 1. The number of amides is 1. The third kappa shape index (κ3) is 4.62. The van der Waals surface area contributed by atoms with Gasteiger partial charge in [-0.1, -0.05) is 45.4 Å². The zero-order valence-corrected chi connectivity index (χ0v) is 18.0. The summed E-state index contributed by atoms with van der Waals surface area (Å²) in [6.45, 7) is 6.64. The molecule has 0 fully saturated rings. The molecule has 1 aliphatic carbocycles. The highest BCUT2D eigenvalue weighted by Gasteiger charge is 2.34. The lowest BCUT2D eigenvalue weighted by molar-refractivity contribution is -0.124. The Morgan fingerprint density at radius 1 is 1.33 bits per heavy atom. The van der Waals surface area contributed by atoms with E-state index in [4.69, 9.17) is 15.0 Å². The van der Waals surface area contributed by atoms with Crippen LogP contribution in [0, 0.1) is 22.7 Å².